The molecule has 1 aliphatic rings. The van der Waals surface area contributed by atoms with Crippen molar-refractivity contribution in [3.05, 3.63) is 65.2 Å². The number of hydrogen-bond donors (Lipinski definition) is 1. The van der Waals surface area contributed by atoms with Crippen LogP contribution in [0.3, 0.4) is 0 Å². The molecule has 0 amide bonds. The van der Waals surface area contributed by atoms with Gasteiger partial charge in [-0.15, -0.1) is 0 Å². The van der Waals surface area contributed by atoms with Gasteiger partial charge in [0.1, 0.15) is 29.3 Å². The van der Waals surface area contributed by atoms with Gasteiger partial charge in [0.15, 0.2) is 11.2 Å². The molecule has 1 atom stereocenters. The van der Waals surface area contributed by atoms with Gasteiger partial charge in [0.05, 0.1) is 24.1 Å². The average molecular weight is 525 g/mol. The molecule has 10 heteroatoms. The molecule has 2 aromatic heterocycles. The van der Waals surface area contributed by atoms with Gasteiger partial charge in [-0.2, -0.15) is 4.98 Å². The standard InChI is InChI=1S/C27H26ClFN4O4/c1-16(26(34)35)8-11-36-19-6-7-20(21(28)13-19)23-32-22-24(30-15-31-25(22)37-27(2)9-10-27)33(23)14-17-4-3-5-18(29)12-17/h3-7,12-13,15-16H,8-11,14H2,1-2H3,(H,34,35). The van der Waals surface area contributed by atoms with Crippen LogP contribution < -0.4 is 9.47 Å². The molecule has 2 aromatic carbocycles. The van der Waals surface area contributed by atoms with Gasteiger partial charge in [-0.1, -0.05) is 30.7 Å². The van der Waals surface area contributed by atoms with E-state index in [2.05, 4.69) is 9.97 Å². The van der Waals surface area contributed by atoms with Gasteiger partial charge in [0, 0.05) is 5.56 Å². The minimum Gasteiger partial charge on any atom is -0.494 e. The predicted molar refractivity (Wildman–Crippen MR) is 136 cm³/mol. The summed E-state index contributed by atoms with van der Waals surface area (Å²) in [7, 11) is 0. The quantitative estimate of drug-likeness (QED) is 0.282. The second-order valence-corrected chi connectivity index (χ2v) is 9.98. The summed E-state index contributed by atoms with van der Waals surface area (Å²) in [6.45, 7) is 4.21. The third kappa shape index (κ3) is 5.51. The Labute approximate surface area is 218 Å². The second-order valence-electron chi connectivity index (χ2n) is 9.57. The Hall–Kier alpha value is -3.72. The van der Waals surface area contributed by atoms with E-state index in [9.17, 15) is 9.18 Å². The zero-order valence-electron chi connectivity index (χ0n) is 20.4. The van der Waals surface area contributed by atoms with E-state index in [4.69, 9.17) is 31.2 Å². The number of imidazole rings is 1. The number of rotatable bonds is 10. The number of benzene rings is 2. The first-order valence-corrected chi connectivity index (χ1v) is 12.4. The Morgan fingerprint density at radius 1 is 1.24 bits per heavy atom. The van der Waals surface area contributed by atoms with Crippen molar-refractivity contribution in [2.75, 3.05) is 6.61 Å². The van der Waals surface area contributed by atoms with E-state index in [0.717, 1.165) is 18.4 Å². The van der Waals surface area contributed by atoms with Crippen molar-refractivity contribution in [1.82, 2.24) is 19.5 Å². The molecule has 4 aromatic rings. The van der Waals surface area contributed by atoms with Crippen LogP contribution >= 0.6 is 11.6 Å². The highest BCUT2D eigenvalue weighted by Crippen LogP contribution is 2.41. The Bertz CT molecular complexity index is 1470. The summed E-state index contributed by atoms with van der Waals surface area (Å²) >= 11 is 6.69. The maximum atomic E-state index is 14.0. The molecular formula is C27H26ClFN4O4. The van der Waals surface area contributed by atoms with Gasteiger partial charge in [0.25, 0.3) is 0 Å². The predicted octanol–water partition coefficient (Wildman–Crippen LogP) is 5.76. The van der Waals surface area contributed by atoms with E-state index in [1.807, 2.05) is 17.6 Å². The molecule has 0 radical (unpaired) electrons. The van der Waals surface area contributed by atoms with Crippen LogP contribution in [-0.4, -0.2) is 42.8 Å². The molecule has 1 saturated carbocycles. The summed E-state index contributed by atoms with van der Waals surface area (Å²) in [4.78, 5) is 24.7. The van der Waals surface area contributed by atoms with Crippen molar-refractivity contribution in [3.8, 4) is 23.0 Å². The lowest BCUT2D eigenvalue weighted by Crippen LogP contribution is -2.13. The van der Waals surface area contributed by atoms with Crippen LogP contribution in [0, 0.1) is 11.7 Å². The number of carboxylic acid groups (broad SMARTS) is 1. The number of hydrogen-bond acceptors (Lipinski definition) is 6. The van der Waals surface area contributed by atoms with Crippen molar-refractivity contribution < 1.29 is 23.8 Å². The summed E-state index contributed by atoms with van der Waals surface area (Å²) < 4.78 is 27.7. The van der Waals surface area contributed by atoms with Gasteiger partial charge >= 0.3 is 5.97 Å². The van der Waals surface area contributed by atoms with Crippen LogP contribution in [0.4, 0.5) is 4.39 Å². The lowest BCUT2D eigenvalue weighted by molar-refractivity contribution is -0.141. The van der Waals surface area contributed by atoms with Crippen molar-refractivity contribution >= 4 is 28.7 Å². The van der Waals surface area contributed by atoms with Crippen LogP contribution in [0.1, 0.15) is 38.7 Å². The molecular weight excluding hydrogens is 499 g/mol. The summed E-state index contributed by atoms with van der Waals surface area (Å²) in [5.74, 6) is -0.260. The monoisotopic (exact) mass is 524 g/mol. The molecule has 0 saturated heterocycles. The average Bonchev–Trinajstić information content (AvgIpc) is 3.47. The molecule has 1 aliphatic carbocycles. The lowest BCUT2D eigenvalue weighted by Gasteiger charge is -2.13. The fourth-order valence-electron chi connectivity index (χ4n) is 3.92. The molecule has 0 bridgehead atoms. The highest BCUT2D eigenvalue weighted by Gasteiger charge is 2.41. The number of nitrogens with zero attached hydrogens (tertiary/aromatic N) is 4. The summed E-state index contributed by atoms with van der Waals surface area (Å²) in [5.41, 5.74) is 2.15. The Balaban J connectivity index is 1.52. The third-order valence-corrected chi connectivity index (χ3v) is 6.76. The summed E-state index contributed by atoms with van der Waals surface area (Å²) in [5, 5.41) is 9.45. The highest BCUT2D eigenvalue weighted by atomic mass is 35.5. The molecule has 8 nitrogen and oxygen atoms in total. The smallest absolute Gasteiger partial charge is 0.306 e. The fourth-order valence-corrected chi connectivity index (χ4v) is 4.17. The fraction of sp³-hybridized carbons (Fsp3) is 0.333. The lowest BCUT2D eigenvalue weighted by atomic mass is 10.1. The number of fused-ring (bicyclic) bond motifs is 1. The van der Waals surface area contributed by atoms with Crippen molar-refractivity contribution in [3.63, 3.8) is 0 Å². The number of carboxylic acids is 1. The molecule has 192 valence electrons. The van der Waals surface area contributed by atoms with Crippen LogP contribution in [0.25, 0.3) is 22.6 Å². The van der Waals surface area contributed by atoms with Crippen LogP contribution in [0.15, 0.2) is 48.8 Å². The van der Waals surface area contributed by atoms with E-state index in [1.54, 1.807) is 31.2 Å². The molecule has 1 unspecified atom stereocenters. The molecule has 1 N–H and O–H groups in total. The first-order valence-electron chi connectivity index (χ1n) is 12.0. The Morgan fingerprint density at radius 3 is 2.76 bits per heavy atom. The zero-order chi connectivity index (χ0) is 26.2. The Morgan fingerprint density at radius 2 is 2.05 bits per heavy atom. The van der Waals surface area contributed by atoms with Gasteiger partial charge in [0.2, 0.25) is 5.88 Å². The maximum absolute atomic E-state index is 14.0. The topological polar surface area (TPSA) is 99.4 Å². The zero-order valence-corrected chi connectivity index (χ0v) is 21.2. The number of aromatic nitrogens is 4. The molecule has 2 heterocycles. The largest absolute Gasteiger partial charge is 0.494 e. The van der Waals surface area contributed by atoms with E-state index < -0.39 is 11.9 Å². The van der Waals surface area contributed by atoms with Crippen molar-refractivity contribution in [2.24, 2.45) is 5.92 Å². The minimum absolute atomic E-state index is 0.246. The van der Waals surface area contributed by atoms with Gasteiger partial charge in [-0.25, -0.2) is 14.4 Å². The van der Waals surface area contributed by atoms with Crippen molar-refractivity contribution in [1.29, 1.82) is 0 Å². The number of halogens is 2. The van der Waals surface area contributed by atoms with Gasteiger partial charge < -0.3 is 19.1 Å². The van der Waals surface area contributed by atoms with E-state index in [1.165, 1.54) is 18.5 Å². The van der Waals surface area contributed by atoms with Crippen molar-refractivity contribution in [2.45, 2.75) is 45.3 Å². The van der Waals surface area contributed by atoms with Gasteiger partial charge in [-0.3, -0.25) is 4.79 Å². The summed E-state index contributed by atoms with van der Waals surface area (Å²) in [6.07, 6.45) is 3.69. The Kier molecular flexibility index (Phi) is 6.72. The molecule has 5 rings (SSSR count). The molecule has 0 spiro atoms. The first-order chi connectivity index (χ1) is 17.7. The van der Waals surface area contributed by atoms with E-state index in [-0.39, 0.29) is 18.0 Å². The first kappa shape index (κ1) is 25.0. The summed E-state index contributed by atoms with van der Waals surface area (Å²) in [6, 6.07) is 11.6. The number of carbonyl (C=O) groups is 1. The number of aliphatic carboxylic acids is 1. The SMILES string of the molecule is CC(CCOc1ccc(-c2nc3c(OC4(C)CC4)ncnc3n2Cc2cccc(F)c2)c(Cl)c1)C(=O)O. The van der Waals surface area contributed by atoms with E-state index >= 15 is 0 Å². The maximum Gasteiger partial charge on any atom is 0.306 e. The van der Waals surface area contributed by atoms with Crippen LogP contribution in [-0.2, 0) is 11.3 Å². The van der Waals surface area contributed by atoms with Gasteiger partial charge in [-0.05, 0) is 62.1 Å². The molecule has 0 aliphatic heterocycles. The highest BCUT2D eigenvalue weighted by molar-refractivity contribution is 6.33. The second kappa shape index (κ2) is 9.97. The third-order valence-electron chi connectivity index (χ3n) is 6.45. The molecule has 1 fully saturated rings. The van der Waals surface area contributed by atoms with Crippen LogP contribution in [0.5, 0.6) is 11.6 Å². The van der Waals surface area contributed by atoms with E-state index in [0.29, 0.717) is 52.2 Å². The molecule has 37 heavy (non-hydrogen) atoms. The number of ether oxygens (including phenoxy) is 2. The van der Waals surface area contributed by atoms with Crippen LogP contribution in [0.2, 0.25) is 5.02 Å². The normalized spacial score (nSPS) is 14.9. The minimum atomic E-state index is -0.865.